The van der Waals surface area contributed by atoms with Crippen LogP contribution in [-0.4, -0.2) is 31.0 Å². The highest BCUT2D eigenvalue weighted by molar-refractivity contribution is 6.30. The molecule has 0 heterocycles. The van der Waals surface area contributed by atoms with Crippen LogP contribution < -0.4 is 4.74 Å². The van der Waals surface area contributed by atoms with E-state index in [1.807, 2.05) is 19.9 Å². The number of aliphatic hydroxyl groups excluding tert-OH is 1. The molecule has 2 atom stereocenters. The van der Waals surface area contributed by atoms with Crippen LogP contribution >= 0.6 is 11.6 Å². The Morgan fingerprint density at radius 3 is 2.56 bits per heavy atom. The summed E-state index contributed by atoms with van der Waals surface area (Å²) in [5.74, 6) is 0.730. The zero-order valence-electron chi connectivity index (χ0n) is 11.4. The van der Waals surface area contributed by atoms with E-state index in [2.05, 4.69) is 0 Å². The highest BCUT2D eigenvalue weighted by atomic mass is 35.5. The average Bonchev–Trinajstić information content (AvgIpc) is 2.38. The van der Waals surface area contributed by atoms with Crippen LogP contribution in [0.15, 0.2) is 18.2 Å². The van der Waals surface area contributed by atoms with E-state index >= 15 is 0 Å². The molecule has 3 nitrogen and oxygen atoms in total. The summed E-state index contributed by atoms with van der Waals surface area (Å²) in [5, 5.41) is 10.9. The van der Waals surface area contributed by atoms with Crippen molar-refractivity contribution in [3.8, 4) is 5.75 Å². The number of ether oxygens (including phenoxy) is 2. The van der Waals surface area contributed by atoms with Gasteiger partial charge in [-0.3, -0.25) is 0 Å². The molecule has 1 rings (SSSR count). The van der Waals surface area contributed by atoms with Gasteiger partial charge in [-0.2, -0.15) is 0 Å². The molecule has 0 aliphatic rings. The van der Waals surface area contributed by atoms with Crippen LogP contribution in [-0.2, 0) is 11.2 Å². The second-order valence-corrected chi connectivity index (χ2v) is 4.98. The molecular formula is C14H21ClO3. The van der Waals surface area contributed by atoms with E-state index in [0.717, 1.165) is 17.7 Å². The van der Waals surface area contributed by atoms with Gasteiger partial charge in [0.15, 0.2) is 0 Å². The molecule has 0 amide bonds. The minimum atomic E-state index is -0.611. The van der Waals surface area contributed by atoms with Crippen LogP contribution in [0.4, 0.5) is 0 Å². The third-order valence-electron chi connectivity index (χ3n) is 3.53. The summed E-state index contributed by atoms with van der Waals surface area (Å²) in [6.45, 7) is 3.89. The lowest BCUT2D eigenvalue weighted by atomic mass is 9.90. The van der Waals surface area contributed by atoms with Crippen LogP contribution in [0.2, 0.25) is 5.02 Å². The van der Waals surface area contributed by atoms with Crippen LogP contribution in [0.5, 0.6) is 5.75 Å². The molecule has 1 aromatic rings. The maximum atomic E-state index is 10.3. The van der Waals surface area contributed by atoms with Gasteiger partial charge in [0.2, 0.25) is 0 Å². The number of methoxy groups -OCH3 is 2. The number of benzene rings is 1. The van der Waals surface area contributed by atoms with Crippen LogP contribution in [0.3, 0.4) is 0 Å². The van der Waals surface area contributed by atoms with Crippen LogP contribution in [0.1, 0.15) is 25.8 Å². The molecule has 102 valence electrons. The summed E-state index contributed by atoms with van der Waals surface area (Å²) in [7, 11) is 3.22. The Kier molecular flexibility index (Phi) is 5.45. The fourth-order valence-electron chi connectivity index (χ4n) is 1.85. The van der Waals surface area contributed by atoms with Gasteiger partial charge in [-0.15, -0.1) is 0 Å². The van der Waals surface area contributed by atoms with Gasteiger partial charge in [-0.05, 0) is 37.1 Å². The second kappa shape index (κ2) is 6.41. The van der Waals surface area contributed by atoms with Crippen molar-refractivity contribution < 1.29 is 14.6 Å². The Hall–Kier alpha value is -0.770. The maximum absolute atomic E-state index is 10.3. The Bertz CT molecular complexity index is 389. The Morgan fingerprint density at radius 2 is 2.06 bits per heavy atom. The summed E-state index contributed by atoms with van der Waals surface area (Å²) >= 11 is 5.97. The van der Waals surface area contributed by atoms with Gasteiger partial charge in [-0.25, -0.2) is 0 Å². The molecule has 18 heavy (non-hydrogen) atoms. The van der Waals surface area contributed by atoms with Crippen molar-refractivity contribution in [3.63, 3.8) is 0 Å². The largest absolute Gasteiger partial charge is 0.496 e. The highest BCUT2D eigenvalue weighted by Gasteiger charge is 2.31. The first kappa shape index (κ1) is 15.3. The molecule has 0 aromatic heterocycles. The number of aliphatic hydroxyl groups is 1. The van der Waals surface area contributed by atoms with Crippen molar-refractivity contribution in [3.05, 3.63) is 28.8 Å². The molecule has 2 unspecified atom stereocenters. The molecule has 0 radical (unpaired) electrons. The van der Waals surface area contributed by atoms with Crippen molar-refractivity contribution >= 4 is 11.6 Å². The van der Waals surface area contributed by atoms with Gasteiger partial charge in [-0.1, -0.05) is 18.5 Å². The normalized spacial score (nSPS) is 16.1. The van der Waals surface area contributed by atoms with Crippen molar-refractivity contribution in [2.75, 3.05) is 14.2 Å². The van der Waals surface area contributed by atoms with Gasteiger partial charge in [0, 0.05) is 18.6 Å². The monoisotopic (exact) mass is 272 g/mol. The molecule has 4 heteroatoms. The third-order valence-corrected chi connectivity index (χ3v) is 3.76. The summed E-state index contributed by atoms with van der Waals surface area (Å²) in [5.41, 5.74) is 0.321. The third kappa shape index (κ3) is 3.37. The molecule has 0 bridgehead atoms. The molecular weight excluding hydrogens is 252 g/mol. The van der Waals surface area contributed by atoms with Crippen molar-refractivity contribution in [1.82, 2.24) is 0 Å². The van der Waals surface area contributed by atoms with E-state index in [9.17, 15) is 5.11 Å². The molecule has 1 N–H and O–H groups in total. The topological polar surface area (TPSA) is 38.7 Å². The molecule has 1 aromatic carbocycles. The van der Waals surface area contributed by atoms with Crippen LogP contribution in [0, 0.1) is 0 Å². The zero-order valence-corrected chi connectivity index (χ0v) is 12.1. The van der Waals surface area contributed by atoms with Crippen molar-refractivity contribution in [1.29, 1.82) is 0 Å². The van der Waals surface area contributed by atoms with Crippen molar-refractivity contribution in [2.45, 2.75) is 38.4 Å². The zero-order chi connectivity index (χ0) is 13.8. The summed E-state index contributed by atoms with van der Waals surface area (Å²) < 4.78 is 10.7. The van der Waals surface area contributed by atoms with Crippen molar-refractivity contribution in [2.24, 2.45) is 0 Å². The van der Waals surface area contributed by atoms with E-state index < -0.39 is 11.7 Å². The maximum Gasteiger partial charge on any atom is 0.122 e. The van der Waals surface area contributed by atoms with E-state index in [1.54, 1.807) is 26.4 Å². The first-order chi connectivity index (χ1) is 8.46. The summed E-state index contributed by atoms with van der Waals surface area (Å²) in [4.78, 5) is 0. The van der Waals surface area contributed by atoms with E-state index in [0.29, 0.717) is 11.4 Å². The predicted octanol–water partition coefficient (Wildman–Crippen LogP) is 3.07. The van der Waals surface area contributed by atoms with E-state index in [-0.39, 0.29) is 0 Å². The van der Waals surface area contributed by atoms with Gasteiger partial charge < -0.3 is 14.6 Å². The van der Waals surface area contributed by atoms with E-state index in [1.165, 1.54) is 0 Å². The SMILES string of the molecule is CCC(C)(OC)C(O)Cc1cc(Cl)ccc1OC. The molecule has 0 aliphatic carbocycles. The quantitative estimate of drug-likeness (QED) is 0.865. The van der Waals surface area contributed by atoms with Gasteiger partial charge in [0.1, 0.15) is 5.75 Å². The standard InChI is InChI=1S/C14H21ClO3/c1-5-14(2,18-4)13(16)9-10-8-11(15)6-7-12(10)17-3/h6-8,13,16H,5,9H2,1-4H3. The number of hydrogen-bond acceptors (Lipinski definition) is 3. The van der Waals surface area contributed by atoms with Gasteiger partial charge in [0.05, 0.1) is 18.8 Å². The second-order valence-electron chi connectivity index (χ2n) is 4.55. The fraction of sp³-hybridized carbons (Fsp3) is 0.571. The van der Waals surface area contributed by atoms with Crippen LogP contribution in [0.25, 0.3) is 0 Å². The first-order valence-corrected chi connectivity index (χ1v) is 6.40. The first-order valence-electron chi connectivity index (χ1n) is 6.02. The molecule has 0 aliphatic heterocycles. The molecule has 0 saturated heterocycles. The Balaban J connectivity index is 2.93. The number of halogens is 1. The molecule has 0 spiro atoms. The lowest BCUT2D eigenvalue weighted by Crippen LogP contribution is -2.42. The smallest absolute Gasteiger partial charge is 0.122 e. The predicted molar refractivity (Wildman–Crippen MR) is 73.4 cm³/mol. The van der Waals surface area contributed by atoms with Gasteiger partial charge in [0.25, 0.3) is 0 Å². The summed E-state index contributed by atoms with van der Waals surface area (Å²) in [6, 6.07) is 5.39. The molecule has 0 fully saturated rings. The number of rotatable bonds is 6. The lowest BCUT2D eigenvalue weighted by molar-refractivity contribution is -0.0915. The highest BCUT2D eigenvalue weighted by Crippen LogP contribution is 2.28. The summed E-state index contributed by atoms with van der Waals surface area (Å²) in [6.07, 6.45) is 0.565. The van der Waals surface area contributed by atoms with E-state index in [4.69, 9.17) is 21.1 Å². The average molecular weight is 273 g/mol. The Morgan fingerprint density at radius 1 is 1.39 bits per heavy atom. The molecule has 0 saturated carbocycles. The Labute approximate surface area is 114 Å². The fourth-order valence-corrected chi connectivity index (χ4v) is 2.04. The minimum absolute atomic E-state index is 0.446. The lowest BCUT2D eigenvalue weighted by Gasteiger charge is -2.32. The minimum Gasteiger partial charge on any atom is -0.496 e. The number of hydrogen-bond donors (Lipinski definition) is 1. The van der Waals surface area contributed by atoms with Gasteiger partial charge >= 0.3 is 0 Å².